The van der Waals surface area contributed by atoms with Crippen molar-refractivity contribution in [3.05, 3.63) is 45.4 Å². The number of hydrogen-bond donors (Lipinski definition) is 2. The molecule has 0 aliphatic carbocycles. The standard InChI is InChI=1S/C14H16BrN3OS/c1-9(7-16)13(19)18-14-17-8-12(20-14)6-10-3-2-4-11(15)5-10/h2-5,8-9H,6-7,16H2,1H3,(H,17,18,19). The first-order valence-corrected chi connectivity index (χ1v) is 7.89. The molecule has 0 bridgehead atoms. The van der Waals surface area contributed by atoms with Crippen LogP contribution in [0.25, 0.3) is 0 Å². The maximum atomic E-state index is 11.7. The van der Waals surface area contributed by atoms with E-state index in [4.69, 9.17) is 5.73 Å². The summed E-state index contributed by atoms with van der Waals surface area (Å²) in [6.07, 6.45) is 2.60. The van der Waals surface area contributed by atoms with E-state index in [9.17, 15) is 4.79 Å². The number of rotatable bonds is 5. The first-order chi connectivity index (χ1) is 9.58. The molecule has 1 amide bonds. The second-order valence-corrected chi connectivity index (χ2v) is 6.60. The number of amides is 1. The highest BCUT2D eigenvalue weighted by atomic mass is 79.9. The number of benzene rings is 1. The van der Waals surface area contributed by atoms with Crippen molar-refractivity contribution in [3.63, 3.8) is 0 Å². The van der Waals surface area contributed by atoms with Crippen LogP contribution < -0.4 is 11.1 Å². The van der Waals surface area contributed by atoms with Crippen LogP contribution >= 0.6 is 27.3 Å². The summed E-state index contributed by atoms with van der Waals surface area (Å²) in [6.45, 7) is 2.13. The number of carbonyl (C=O) groups excluding carboxylic acids is 1. The zero-order valence-electron chi connectivity index (χ0n) is 11.1. The van der Waals surface area contributed by atoms with Crippen LogP contribution in [-0.4, -0.2) is 17.4 Å². The Morgan fingerprint density at radius 1 is 1.55 bits per heavy atom. The van der Waals surface area contributed by atoms with E-state index in [1.807, 2.05) is 12.1 Å². The van der Waals surface area contributed by atoms with Gasteiger partial charge in [0.15, 0.2) is 5.13 Å². The summed E-state index contributed by atoms with van der Waals surface area (Å²) in [5.74, 6) is -0.289. The Morgan fingerprint density at radius 2 is 2.35 bits per heavy atom. The highest BCUT2D eigenvalue weighted by Gasteiger charge is 2.13. The van der Waals surface area contributed by atoms with Crippen LogP contribution in [0.15, 0.2) is 34.9 Å². The van der Waals surface area contributed by atoms with Crippen molar-refractivity contribution in [1.29, 1.82) is 0 Å². The largest absolute Gasteiger partial charge is 0.330 e. The van der Waals surface area contributed by atoms with Crippen molar-refractivity contribution in [2.24, 2.45) is 11.7 Å². The summed E-state index contributed by atoms with van der Waals surface area (Å²) in [5, 5.41) is 3.41. The molecule has 3 N–H and O–H groups in total. The number of nitrogens with one attached hydrogen (secondary N) is 1. The Bertz CT molecular complexity index is 600. The third-order valence-electron chi connectivity index (χ3n) is 2.85. The number of thiazole rings is 1. The highest BCUT2D eigenvalue weighted by molar-refractivity contribution is 9.10. The minimum absolute atomic E-state index is 0.0872. The average molecular weight is 354 g/mol. The fourth-order valence-corrected chi connectivity index (χ4v) is 2.93. The van der Waals surface area contributed by atoms with E-state index in [0.717, 1.165) is 15.8 Å². The molecule has 0 spiro atoms. The lowest BCUT2D eigenvalue weighted by Gasteiger charge is -2.06. The lowest BCUT2D eigenvalue weighted by molar-refractivity contribution is -0.119. The topological polar surface area (TPSA) is 68.0 Å². The van der Waals surface area contributed by atoms with Gasteiger partial charge in [-0.25, -0.2) is 4.98 Å². The van der Waals surface area contributed by atoms with Crippen LogP contribution in [0.2, 0.25) is 0 Å². The van der Waals surface area contributed by atoms with E-state index >= 15 is 0 Å². The lowest BCUT2D eigenvalue weighted by atomic mass is 10.1. The van der Waals surface area contributed by atoms with Crippen molar-refractivity contribution >= 4 is 38.3 Å². The Morgan fingerprint density at radius 3 is 3.05 bits per heavy atom. The molecule has 0 radical (unpaired) electrons. The Kier molecular flexibility index (Phi) is 5.28. The molecule has 1 aromatic heterocycles. The molecule has 2 aromatic rings. The molecule has 4 nitrogen and oxygen atoms in total. The first kappa shape index (κ1) is 15.2. The maximum Gasteiger partial charge on any atom is 0.230 e. The smallest absolute Gasteiger partial charge is 0.230 e. The molecule has 106 valence electrons. The number of carbonyl (C=O) groups is 1. The van der Waals surface area contributed by atoms with E-state index < -0.39 is 0 Å². The van der Waals surface area contributed by atoms with Gasteiger partial charge in [-0.15, -0.1) is 11.3 Å². The van der Waals surface area contributed by atoms with Gasteiger partial charge >= 0.3 is 0 Å². The van der Waals surface area contributed by atoms with Gasteiger partial charge in [0.2, 0.25) is 5.91 Å². The summed E-state index contributed by atoms with van der Waals surface area (Å²) in [7, 11) is 0. The van der Waals surface area contributed by atoms with Crippen LogP contribution in [0, 0.1) is 5.92 Å². The molecule has 0 saturated carbocycles. The highest BCUT2D eigenvalue weighted by Crippen LogP contribution is 2.22. The van der Waals surface area contributed by atoms with Crippen molar-refractivity contribution in [2.75, 3.05) is 11.9 Å². The van der Waals surface area contributed by atoms with Gasteiger partial charge in [0.1, 0.15) is 0 Å². The lowest BCUT2D eigenvalue weighted by Crippen LogP contribution is -2.26. The fourth-order valence-electron chi connectivity index (χ4n) is 1.63. The van der Waals surface area contributed by atoms with Crippen molar-refractivity contribution in [1.82, 2.24) is 4.98 Å². The van der Waals surface area contributed by atoms with Crippen molar-refractivity contribution < 1.29 is 4.79 Å². The van der Waals surface area contributed by atoms with Gasteiger partial charge in [-0.3, -0.25) is 4.79 Å². The number of halogens is 1. The predicted octanol–water partition coefficient (Wildman–Crippen LogP) is 3.03. The molecule has 0 aliphatic heterocycles. The first-order valence-electron chi connectivity index (χ1n) is 6.28. The minimum Gasteiger partial charge on any atom is -0.330 e. The molecule has 1 heterocycles. The second kappa shape index (κ2) is 6.97. The number of nitrogens with zero attached hydrogens (tertiary/aromatic N) is 1. The Labute approximate surface area is 130 Å². The number of aromatic nitrogens is 1. The van der Waals surface area contributed by atoms with Crippen molar-refractivity contribution in [2.45, 2.75) is 13.3 Å². The zero-order chi connectivity index (χ0) is 14.5. The Hall–Kier alpha value is -1.24. The molecule has 20 heavy (non-hydrogen) atoms. The normalized spacial score (nSPS) is 12.2. The monoisotopic (exact) mass is 353 g/mol. The molecule has 1 unspecified atom stereocenters. The van der Waals surface area contributed by atoms with Gasteiger partial charge < -0.3 is 11.1 Å². The minimum atomic E-state index is -0.201. The molecule has 0 saturated heterocycles. The zero-order valence-corrected chi connectivity index (χ0v) is 13.5. The molecule has 1 atom stereocenters. The summed E-state index contributed by atoms with van der Waals surface area (Å²) in [6, 6.07) is 8.15. The summed E-state index contributed by atoms with van der Waals surface area (Å²) in [5.41, 5.74) is 6.67. The Balaban J connectivity index is 2.00. The maximum absolute atomic E-state index is 11.7. The fraction of sp³-hybridized carbons (Fsp3) is 0.286. The quantitative estimate of drug-likeness (QED) is 0.867. The van der Waals surface area contributed by atoms with Crippen LogP contribution in [0.3, 0.4) is 0 Å². The van der Waals surface area contributed by atoms with E-state index in [1.165, 1.54) is 16.9 Å². The van der Waals surface area contributed by atoms with E-state index in [1.54, 1.807) is 13.1 Å². The predicted molar refractivity (Wildman–Crippen MR) is 85.9 cm³/mol. The van der Waals surface area contributed by atoms with Crippen molar-refractivity contribution in [3.8, 4) is 0 Å². The summed E-state index contributed by atoms with van der Waals surface area (Å²) < 4.78 is 1.06. The SMILES string of the molecule is CC(CN)C(=O)Nc1ncc(Cc2cccc(Br)c2)s1. The van der Waals surface area contributed by atoms with E-state index in [0.29, 0.717) is 11.7 Å². The second-order valence-electron chi connectivity index (χ2n) is 4.56. The molecule has 0 aliphatic rings. The summed E-state index contributed by atoms with van der Waals surface area (Å²) in [4.78, 5) is 17.1. The third-order valence-corrected chi connectivity index (χ3v) is 4.26. The van der Waals surface area contributed by atoms with Crippen LogP contribution in [0.4, 0.5) is 5.13 Å². The van der Waals surface area contributed by atoms with E-state index in [-0.39, 0.29) is 11.8 Å². The summed E-state index contributed by atoms with van der Waals surface area (Å²) >= 11 is 4.95. The number of anilines is 1. The van der Waals surface area contributed by atoms with Gasteiger partial charge in [-0.2, -0.15) is 0 Å². The van der Waals surface area contributed by atoms with Gasteiger partial charge in [0.05, 0.1) is 0 Å². The molecule has 1 aromatic carbocycles. The number of hydrogen-bond acceptors (Lipinski definition) is 4. The van der Waals surface area contributed by atoms with Gasteiger partial charge in [0, 0.05) is 34.4 Å². The van der Waals surface area contributed by atoms with Crippen LogP contribution in [0.5, 0.6) is 0 Å². The van der Waals surface area contributed by atoms with Gasteiger partial charge in [0.25, 0.3) is 0 Å². The van der Waals surface area contributed by atoms with Crippen LogP contribution in [0.1, 0.15) is 17.4 Å². The van der Waals surface area contributed by atoms with Gasteiger partial charge in [-0.1, -0.05) is 35.0 Å². The molecule has 6 heteroatoms. The molecule has 2 rings (SSSR count). The third kappa shape index (κ3) is 4.13. The average Bonchev–Trinajstić information content (AvgIpc) is 2.85. The van der Waals surface area contributed by atoms with Crippen LogP contribution in [-0.2, 0) is 11.2 Å². The number of nitrogens with two attached hydrogens (primary N) is 1. The molecular weight excluding hydrogens is 338 g/mol. The molecular formula is C14H16BrN3OS. The van der Waals surface area contributed by atoms with Gasteiger partial charge in [-0.05, 0) is 17.7 Å². The van der Waals surface area contributed by atoms with E-state index in [2.05, 4.69) is 38.4 Å². The molecule has 0 fully saturated rings.